The highest BCUT2D eigenvalue weighted by Gasteiger charge is 2.44. The molecule has 2 aliphatic heterocycles. The summed E-state index contributed by atoms with van der Waals surface area (Å²) < 4.78 is 2.30. The van der Waals surface area contributed by atoms with E-state index in [1.54, 1.807) is 0 Å². The van der Waals surface area contributed by atoms with Gasteiger partial charge in [-0.15, -0.1) is 0 Å². The highest BCUT2D eigenvalue weighted by molar-refractivity contribution is 7.00. The van der Waals surface area contributed by atoms with Crippen LogP contribution in [0.15, 0.2) is 346 Å². The molecule has 0 aliphatic carbocycles. The number of para-hydroxylation sites is 1. The second-order valence-electron chi connectivity index (χ2n) is 24.8. The zero-order valence-electron chi connectivity index (χ0n) is 52.2. The molecule has 0 radical (unpaired) electrons. The van der Waals surface area contributed by atoms with Gasteiger partial charge in [0, 0.05) is 61.6 Å². The molecule has 0 saturated heterocycles. The van der Waals surface area contributed by atoms with Gasteiger partial charge in [-0.2, -0.15) is 5.26 Å². The van der Waals surface area contributed by atoms with Gasteiger partial charge in [0.15, 0.2) is 5.82 Å². The van der Waals surface area contributed by atoms with Crippen LogP contribution < -0.4 is 26.2 Å². The Morgan fingerprint density at radius 3 is 1.16 bits per heavy atom. The molecule has 446 valence electrons. The van der Waals surface area contributed by atoms with Crippen LogP contribution >= 0.6 is 0 Å². The molecule has 2 aromatic heterocycles. The molecular weight excluding hydrogens is 1160 g/mol. The normalized spacial score (nSPS) is 12.1. The molecule has 18 rings (SSSR count). The van der Waals surface area contributed by atoms with E-state index in [1.807, 2.05) is 54.6 Å². The summed E-state index contributed by atoms with van der Waals surface area (Å²) in [5.41, 5.74) is 29.5. The van der Waals surface area contributed by atoms with Crippen molar-refractivity contribution in [3.8, 4) is 101 Å². The van der Waals surface area contributed by atoms with E-state index in [0.717, 1.165) is 112 Å². The maximum absolute atomic E-state index is 10.7. The number of aromatic nitrogens is 3. The number of rotatable bonds is 11. The molecular formula is C89H57BN6. The van der Waals surface area contributed by atoms with Gasteiger partial charge < -0.3 is 14.4 Å². The van der Waals surface area contributed by atoms with E-state index in [1.165, 1.54) is 49.8 Å². The Morgan fingerprint density at radius 1 is 0.281 bits per heavy atom. The van der Waals surface area contributed by atoms with Gasteiger partial charge in [-0.05, 0) is 163 Å². The number of fused-ring (bicyclic) bond motifs is 7. The average Bonchev–Trinajstić information content (AvgIpc) is 0.794. The zero-order chi connectivity index (χ0) is 63.6. The Labute approximate surface area is 557 Å². The van der Waals surface area contributed by atoms with E-state index < -0.39 is 0 Å². The maximum Gasteiger partial charge on any atom is 0.252 e. The molecule has 6 nitrogen and oxygen atoms in total. The van der Waals surface area contributed by atoms with Crippen molar-refractivity contribution in [3.63, 3.8) is 0 Å². The predicted molar refractivity (Wildman–Crippen MR) is 399 cm³/mol. The van der Waals surface area contributed by atoms with Crippen molar-refractivity contribution in [2.45, 2.75) is 0 Å². The van der Waals surface area contributed by atoms with Gasteiger partial charge in [-0.3, -0.25) is 0 Å². The van der Waals surface area contributed by atoms with Crippen LogP contribution in [0.1, 0.15) is 5.56 Å². The molecule has 0 unspecified atom stereocenters. The largest absolute Gasteiger partial charge is 0.311 e. The van der Waals surface area contributed by atoms with Gasteiger partial charge in [0.05, 0.1) is 39.7 Å². The molecule has 96 heavy (non-hydrogen) atoms. The summed E-state index contributed by atoms with van der Waals surface area (Å²) in [6.07, 6.45) is 0. The van der Waals surface area contributed by atoms with Gasteiger partial charge in [-0.1, -0.05) is 255 Å². The molecule has 16 aromatic rings. The van der Waals surface area contributed by atoms with Crippen LogP contribution in [0.5, 0.6) is 0 Å². The molecule has 0 bridgehead atoms. The summed E-state index contributed by atoms with van der Waals surface area (Å²) in [7, 11) is 0. The quantitative estimate of drug-likeness (QED) is 0.121. The van der Waals surface area contributed by atoms with E-state index in [-0.39, 0.29) is 6.71 Å². The number of anilines is 6. The summed E-state index contributed by atoms with van der Waals surface area (Å²) in [5.74, 6) is 0.563. The molecule has 14 aromatic carbocycles. The van der Waals surface area contributed by atoms with Gasteiger partial charge in [-0.25, -0.2) is 9.97 Å². The van der Waals surface area contributed by atoms with Crippen LogP contribution in [0.4, 0.5) is 34.1 Å². The zero-order valence-corrected chi connectivity index (χ0v) is 52.2. The van der Waals surface area contributed by atoms with E-state index in [2.05, 4.69) is 312 Å². The van der Waals surface area contributed by atoms with E-state index in [0.29, 0.717) is 11.4 Å². The van der Waals surface area contributed by atoms with Crippen LogP contribution in [0.2, 0.25) is 0 Å². The smallest absolute Gasteiger partial charge is 0.252 e. The first-order valence-electron chi connectivity index (χ1n) is 32.6. The number of nitrogens with zero attached hydrogens (tertiary/aromatic N) is 6. The molecule has 4 heterocycles. The highest BCUT2D eigenvalue weighted by atomic mass is 15.2. The van der Waals surface area contributed by atoms with Crippen LogP contribution in [0.25, 0.3) is 117 Å². The van der Waals surface area contributed by atoms with Crippen LogP contribution in [-0.4, -0.2) is 21.2 Å². The standard InChI is InChI=1S/C89H57BN6/c91-58-59-35-47-75(89-92-79(66-29-15-5-16-30-66)57-80(93-89)67-31-17-6-18-32-67)85(51-59)96-81-34-20-19-33-74(81)76-52-68(40-48-82(76)96)71-55-86-88-87(56-71)95(73-45-38-65(39-46-73)61-23-9-2-10-24-61)84-50-42-70(63-27-13-4-14-28-63)54-78(84)90(88)77-53-69(62-25-11-3-12-26-62)41-49-83(77)94(86)72-43-36-64(37-44-72)60-21-7-1-8-22-60/h1-57H. The molecule has 0 N–H and O–H groups in total. The SMILES string of the molecule is N#Cc1ccc(-c2nc(-c3ccccc3)cc(-c3ccccc3)n2)c(-n2c3ccccc3c3cc(-c4cc5c6c(c4)N(c4ccc(-c7ccccc7)cc4)c4ccc(-c7ccccc7)cc4B6c4cc(-c6ccccc6)ccc4N5c4ccc(-c5ccccc5)cc4)ccc32)c1. The number of hydrogen-bond donors (Lipinski definition) is 0. The summed E-state index contributed by atoms with van der Waals surface area (Å²) in [5, 5.41) is 12.8. The second kappa shape index (κ2) is 23.3. The number of benzene rings is 14. The van der Waals surface area contributed by atoms with Crippen LogP contribution in [-0.2, 0) is 0 Å². The van der Waals surface area contributed by atoms with Crippen molar-refractivity contribution in [2.24, 2.45) is 0 Å². The van der Waals surface area contributed by atoms with Crippen LogP contribution in [0.3, 0.4) is 0 Å². The van der Waals surface area contributed by atoms with Crippen molar-refractivity contribution in [3.05, 3.63) is 351 Å². The molecule has 0 spiro atoms. The molecule has 0 fully saturated rings. The fraction of sp³-hybridized carbons (Fsp3) is 0. The molecule has 0 amide bonds. The van der Waals surface area contributed by atoms with Gasteiger partial charge in [0.1, 0.15) is 0 Å². The molecule has 7 heteroatoms. The first kappa shape index (κ1) is 55.9. The average molecular weight is 1220 g/mol. The van der Waals surface area contributed by atoms with Crippen molar-refractivity contribution in [1.29, 1.82) is 5.26 Å². The summed E-state index contributed by atoms with van der Waals surface area (Å²) >= 11 is 0. The lowest BCUT2D eigenvalue weighted by atomic mass is 9.33. The molecule has 0 atom stereocenters. The summed E-state index contributed by atoms with van der Waals surface area (Å²) in [6.45, 7) is -0.166. The third kappa shape index (κ3) is 9.66. The van der Waals surface area contributed by atoms with Gasteiger partial charge >= 0.3 is 0 Å². The highest BCUT2D eigenvalue weighted by Crippen LogP contribution is 2.49. The van der Waals surface area contributed by atoms with Gasteiger partial charge in [0.2, 0.25) is 0 Å². The van der Waals surface area contributed by atoms with Gasteiger partial charge in [0.25, 0.3) is 6.71 Å². The Morgan fingerprint density at radius 2 is 0.677 bits per heavy atom. The minimum absolute atomic E-state index is 0.166. The fourth-order valence-corrected chi connectivity index (χ4v) is 14.7. The Balaban J connectivity index is 0.883. The lowest BCUT2D eigenvalue weighted by Crippen LogP contribution is -2.61. The Hall–Kier alpha value is -12.9. The monoisotopic (exact) mass is 1220 g/mol. The minimum Gasteiger partial charge on any atom is -0.311 e. The fourth-order valence-electron chi connectivity index (χ4n) is 14.7. The lowest BCUT2D eigenvalue weighted by molar-refractivity contribution is 1.14. The van der Waals surface area contributed by atoms with E-state index in [9.17, 15) is 5.26 Å². The van der Waals surface area contributed by atoms with E-state index in [4.69, 9.17) is 9.97 Å². The summed E-state index contributed by atoms with van der Waals surface area (Å²) in [6, 6.07) is 127. The first-order valence-corrected chi connectivity index (χ1v) is 32.6. The number of hydrogen-bond acceptors (Lipinski definition) is 5. The second-order valence-corrected chi connectivity index (χ2v) is 24.8. The van der Waals surface area contributed by atoms with Crippen molar-refractivity contribution >= 4 is 79.0 Å². The van der Waals surface area contributed by atoms with Crippen molar-refractivity contribution in [1.82, 2.24) is 14.5 Å². The first-order chi connectivity index (χ1) is 47.5. The third-order valence-corrected chi connectivity index (χ3v) is 19.2. The molecule has 0 saturated carbocycles. The Kier molecular flexibility index (Phi) is 13.6. The number of nitriles is 1. The maximum atomic E-state index is 10.7. The van der Waals surface area contributed by atoms with Crippen molar-refractivity contribution in [2.75, 3.05) is 9.80 Å². The topological polar surface area (TPSA) is 61.0 Å². The Bertz CT molecular complexity index is 5440. The summed E-state index contributed by atoms with van der Waals surface area (Å²) in [4.78, 5) is 15.7. The third-order valence-electron chi connectivity index (χ3n) is 19.2. The van der Waals surface area contributed by atoms with E-state index >= 15 is 0 Å². The van der Waals surface area contributed by atoms with Crippen molar-refractivity contribution < 1.29 is 0 Å². The predicted octanol–water partition coefficient (Wildman–Crippen LogP) is 20.9. The van der Waals surface area contributed by atoms with Crippen LogP contribution in [0, 0.1) is 11.3 Å². The molecule has 2 aliphatic rings. The minimum atomic E-state index is -0.166. The lowest BCUT2D eigenvalue weighted by Gasteiger charge is -2.44.